The molecule has 27 heavy (non-hydrogen) atoms. The van der Waals surface area contributed by atoms with E-state index in [1.807, 2.05) is 54.6 Å². The fourth-order valence-corrected chi connectivity index (χ4v) is 3.68. The summed E-state index contributed by atoms with van der Waals surface area (Å²) in [6.45, 7) is 6.13. The molecule has 0 saturated heterocycles. The molecule has 0 atom stereocenters. The first-order chi connectivity index (χ1) is 13.2. The minimum absolute atomic E-state index is 0.155. The molecule has 0 saturated carbocycles. The van der Waals surface area contributed by atoms with Crippen molar-refractivity contribution in [3.8, 4) is 11.3 Å². The van der Waals surface area contributed by atoms with E-state index < -0.39 is 0 Å². The Bertz CT molecular complexity index is 914. The molecule has 0 radical (unpaired) electrons. The van der Waals surface area contributed by atoms with Gasteiger partial charge in [-0.2, -0.15) is 0 Å². The highest BCUT2D eigenvalue weighted by Crippen LogP contribution is 2.28. The van der Waals surface area contributed by atoms with E-state index in [0.29, 0.717) is 0 Å². The van der Waals surface area contributed by atoms with Gasteiger partial charge in [-0.3, -0.25) is 4.79 Å². The molecule has 3 rings (SSSR count). The zero-order valence-corrected chi connectivity index (χ0v) is 16.4. The summed E-state index contributed by atoms with van der Waals surface area (Å²) in [4.78, 5) is 19.2. The molecule has 0 unspecified atom stereocenters. The third-order valence-electron chi connectivity index (χ3n) is 4.18. The Balaban J connectivity index is 1.70. The predicted octanol–water partition coefficient (Wildman–Crippen LogP) is 5.31. The first-order valence-electron chi connectivity index (χ1n) is 9.04. The molecule has 5 heteroatoms. The van der Waals surface area contributed by atoms with Crippen LogP contribution in [-0.4, -0.2) is 24.0 Å². The van der Waals surface area contributed by atoms with E-state index in [9.17, 15) is 4.79 Å². The minimum Gasteiger partial charge on any atom is -0.349 e. The molecule has 0 spiro atoms. The van der Waals surface area contributed by atoms with Crippen LogP contribution in [0, 0.1) is 0 Å². The van der Waals surface area contributed by atoms with E-state index >= 15 is 0 Å². The van der Waals surface area contributed by atoms with Gasteiger partial charge in [-0.05, 0) is 37.6 Å². The highest BCUT2D eigenvalue weighted by atomic mass is 32.1. The first-order valence-corrected chi connectivity index (χ1v) is 9.92. The van der Waals surface area contributed by atoms with Crippen LogP contribution in [0.5, 0.6) is 0 Å². The number of benzene rings is 2. The topological polar surface area (TPSA) is 45.2 Å². The summed E-state index contributed by atoms with van der Waals surface area (Å²) in [7, 11) is 0. The number of anilines is 2. The number of nitrogens with one attached hydrogen (secondary N) is 1. The van der Waals surface area contributed by atoms with Crippen LogP contribution in [0.4, 0.5) is 10.8 Å². The summed E-state index contributed by atoms with van der Waals surface area (Å²) in [5, 5.41) is 6.00. The third-order valence-corrected chi connectivity index (χ3v) is 5.08. The number of amides is 1. The van der Waals surface area contributed by atoms with Crippen molar-refractivity contribution in [2.75, 3.05) is 23.3 Å². The Labute approximate surface area is 164 Å². The highest BCUT2D eigenvalue weighted by Gasteiger charge is 2.10. The standard InChI is InChI=1S/C22H23N3OS/c1-3-25(4-2)22-24-20(16-27-22)18-11-8-12-19(15-18)23-21(26)14-13-17-9-6-5-7-10-17/h5-16H,3-4H2,1-2H3,(H,23,26)/b14-13+. The quantitative estimate of drug-likeness (QED) is 0.568. The summed E-state index contributed by atoms with van der Waals surface area (Å²) in [6, 6.07) is 17.5. The van der Waals surface area contributed by atoms with Gasteiger partial charge >= 0.3 is 0 Å². The normalized spacial score (nSPS) is 10.9. The molecular weight excluding hydrogens is 354 g/mol. The van der Waals surface area contributed by atoms with Crippen LogP contribution in [0.3, 0.4) is 0 Å². The van der Waals surface area contributed by atoms with Crippen molar-refractivity contribution in [3.05, 3.63) is 71.6 Å². The lowest BCUT2D eigenvalue weighted by Crippen LogP contribution is -2.21. The molecule has 138 valence electrons. The molecule has 4 nitrogen and oxygen atoms in total. The van der Waals surface area contributed by atoms with Gasteiger partial charge in [0.05, 0.1) is 5.69 Å². The molecule has 1 amide bonds. The maximum Gasteiger partial charge on any atom is 0.248 e. The van der Waals surface area contributed by atoms with Crippen molar-refractivity contribution in [1.29, 1.82) is 0 Å². The molecule has 0 bridgehead atoms. The molecule has 0 fully saturated rings. The second-order valence-corrected chi connectivity index (χ2v) is 6.84. The number of carbonyl (C=O) groups is 1. The van der Waals surface area contributed by atoms with Crippen LogP contribution >= 0.6 is 11.3 Å². The fraction of sp³-hybridized carbons (Fsp3) is 0.182. The number of aromatic nitrogens is 1. The lowest BCUT2D eigenvalue weighted by Gasteiger charge is -2.16. The molecule has 1 heterocycles. The molecule has 0 aliphatic carbocycles. The summed E-state index contributed by atoms with van der Waals surface area (Å²) in [5.41, 5.74) is 3.67. The second-order valence-electron chi connectivity index (χ2n) is 6.00. The van der Waals surface area contributed by atoms with Crippen LogP contribution in [0.2, 0.25) is 0 Å². The van der Waals surface area contributed by atoms with Gasteiger partial charge in [0.2, 0.25) is 5.91 Å². The van der Waals surface area contributed by atoms with Crippen LogP contribution in [0.1, 0.15) is 19.4 Å². The minimum atomic E-state index is -0.155. The van der Waals surface area contributed by atoms with Crippen LogP contribution < -0.4 is 10.2 Å². The maximum atomic E-state index is 12.2. The summed E-state index contributed by atoms with van der Waals surface area (Å²) < 4.78 is 0. The van der Waals surface area contributed by atoms with Crippen molar-refractivity contribution >= 4 is 34.1 Å². The van der Waals surface area contributed by atoms with Crippen LogP contribution in [0.25, 0.3) is 17.3 Å². The van der Waals surface area contributed by atoms with Crippen molar-refractivity contribution < 1.29 is 4.79 Å². The van der Waals surface area contributed by atoms with Crippen molar-refractivity contribution in [2.45, 2.75) is 13.8 Å². The molecule has 1 aromatic heterocycles. The predicted molar refractivity (Wildman–Crippen MR) is 115 cm³/mol. The second kappa shape index (κ2) is 9.14. The SMILES string of the molecule is CCN(CC)c1nc(-c2cccc(NC(=O)/C=C/c3ccccc3)c2)cs1. The largest absolute Gasteiger partial charge is 0.349 e. The zero-order valence-electron chi connectivity index (χ0n) is 15.6. The molecule has 2 aromatic carbocycles. The lowest BCUT2D eigenvalue weighted by molar-refractivity contribution is -0.111. The number of hydrogen-bond donors (Lipinski definition) is 1. The molecule has 3 aromatic rings. The summed E-state index contributed by atoms with van der Waals surface area (Å²) >= 11 is 1.64. The van der Waals surface area contributed by atoms with Crippen LogP contribution in [-0.2, 0) is 4.79 Å². The van der Waals surface area contributed by atoms with E-state index in [1.54, 1.807) is 23.5 Å². The van der Waals surface area contributed by atoms with E-state index in [2.05, 4.69) is 29.4 Å². The average Bonchev–Trinajstić information content (AvgIpc) is 3.18. The lowest BCUT2D eigenvalue weighted by atomic mass is 10.1. The summed E-state index contributed by atoms with van der Waals surface area (Å²) in [5.74, 6) is -0.155. The van der Waals surface area contributed by atoms with Crippen molar-refractivity contribution in [3.63, 3.8) is 0 Å². The van der Waals surface area contributed by atoms with Gasteiger partial charge < -0.3 is 10.2 Å². The van der Waals surface area contributed by atoms with E-state index in [-0.39, 0.29) is 5.91 Å². The Kier molecular flexibility index (Phi) is 6.39. The van der Waals surface area contributed by atoms with Gasteiger partial charge in [-0.15, -0.1) is 11.3 Å². The third kappa shape index (κ3) is 5.05. The van der Waals surface area contributed by atoms with E-state index in [1.165, 1.54) is 0 Å². The van der Waals surface area contributed by atoms with Gasteiger partial charge in [0.15, 0.2) is 5.13 Å². The Morgan fingerprint density at radius 1 is 1.11 bits per heavy atom. The Hall–Kier alpha value is -2.92. The molecule has 0 aliphatic rings. The van der Waals surface area contributed by atoms with Crippen molar-refractivity contribution in [1.82, 2.24) is 4.98 Å². The summed E-state index contributed by atoms with van der Waals surface area (Å²) in [6.07, 6.45) is 3.35. The highest BCUT2D eigenvalue weighted by molar-refractivity contribution is 7.14. The van der Waals surface area contributed by atoms with Gasteiger partial charge in [-0.25, -0.2) is 4.98 Å². The number of thiazole rings is 1. The Morgan fingerprint density at radius 2 is 1.89 bits per heavy atom. The monoisotopic (exact) mass is 377 g/mol. The average molecular weight is 378 g/mol. The van der Waals surface area contributed by atoms with Gasteiger partial charge in [0, 0.05) is 35.8 Å². The van der Waals surface area contributed by atoms with E-state index in [0.717, 1.165) is 40.7 Å². The molecule has 1 N–H and O–H groups in total. The number of carbonyl (C=O) groups excluding carboxylic acids is 1. The number of rotatable bonds is 7. The van der Waals surface area contributed by atoms with Gasteiger partial charge in [0.1, 0.15) is 0 Å². The molecule has 0 aliphatic heterocycles. The van der Waals surface area contributed by atoms with Gasteiger partial charge in [-0.1, -0.05) is 42.5 Å². The maximum absolute atomic E-state index is 12.2. The van der Waals surface area contributed by atoms with Crippen LogP contribution in [0.15, 0.2) is 66.1 Å². The first kappa shape index (κ1) is 18.9. The smallest absolute Gasteiger partial charge is 0.248 e. The van der Waals surface area contributed by atoms with Gasteiger partial charge in [0.25, 0.3) is 0 Å². The Morgan fingerprint density at radius 3 is 2.63 bits per heavy atom. The van der Waals surface area contributed by atoms with E-state index in [4.69, 9.17) is 4.98 Å². The van der Waals surface area contributed by atoms with Crippen molar-refractivity contribution in [2.24, 2.45) is 0 Å². The zero-order chi connectivity index (χ0) is 19.1. The molecular formula is C22H23N3OS. The fourth-order valence-electron chi connectivity index (χ4n) is 2.71. The number of nitrogens with zero attached hydrogens (tertiary/aromatic N) is 2. The number of hydrogen-bond acceptors (Lipinski definition) is 4.